The predicted octanol–water partition coefficient (Wildman–Crippen LogP) is 2.71. The molecule has 0 saturated carbocycles. The molecule has 22 heavy (non-hydrogen) atoms. The summed E-state index contributed by atoms with van der Waals surface area (Å²) in [7, 11) is 4.52. The van der Waals surface area contributed by atoms with Gasteiger partial charge in [-0.25, -0.2) is 0 Å². The van der Waals surface area contributed by atoms with Gasteiger partial charge in [-0.1, -0.05) is 6.07 Å². The van der Waals surface area contributed by atoms with E-state index in [2.05, 4.69) is 0 Å². The van der Waals surface area contributed by atoms with Crippen LogP contribution in [0.5, 0.6) is 17.4 Å². The van der Waals surface area contributed by atoms with Crippen molar-refractivity contribution in [1.82, 2.24) is 0 Å². The van der Waals surface area contributed by atoms with Gasteiger partial charge in [0.25, 0.3) is 5.95 Å². The molecule has 1 heterocycles. The summed E-state index contributed by atoms with van der Waals surface area (Å²) in [5.74, 6) is 1.29. The molecule has 1 atom stereocenters. The van der Waals surface area contributed by atoms with Gasteiger partial charge in [-0.3, -0.25) is 10.1 Å². The van der Waals surface area contributed by atoms with Crippen LogP contribution in [0.1, 0.15) is 17.2 Å². The normalized spacial score (nSPS) is 11.8. The first-order valence-electron chi connectivity index (χ1n) is 6.56. The van der Waals surface area contributed by atoms with Gasteiger partial charge in [0.1, 0.15) is 11.7 Å². The van der Waals surface area contributed by atoms with Gasteiger partial charge < -0.3 is 18.6 Å². The van der Waals surface area contributed by atoms with Crippen LogP contribution in [0.4, 0.5) is 0 Å². The average molecular weight is 307 g/mol. The van der Waals surface area contributed by atoms with E-state index in [4.69, 9.17) is 18.6 Å². The summed E-state index contributed by atoms with van der Waals surface area (Å²) in [6, 6.07) is 8.47. The molecule has 0 radical (unpaired) electrons. The molecule has 0 amide bonds. The third-order valence-corrected chi connectivity index (χ3v) is 3.29. The molecule has 2 aromatic rings. The molecule has 0 aliphatic rings. The lowest BCUT2D eigenvalue weighted by atomic mass is 9.96. The lowest BCUT2D eigenvalue weighted by Crippen LogP contribution is -2.13. The number of nitrogens with zero attached hydrogens (tertiary/aromatic N) is 1. The van der Waals surface area contributed by atoms with Gasteiger partial charge in [-0.15, -0.1) is 0 Å². The third kappa shape index (κ3) is 3.30. The third-order valence-electron chi connectivity index (χ3n) is 3.29. The van der Waals surface area contributed by atoms with Crippen molar-refractivity contribution in [3.8, 4) is 17.4 Å². The average Bonchev–Trinajstić information content (AvgIpc) is 3.00. The zero-order valence-electron chi connectivity index (χ0n) is 12.6. The number of furan rings is 1. The molecule has 0 saturated heterocycles. The number of benzene rings is 1. The first-order chi connectivity index (χ1) is 10.6. The molecule has 0 N–H and O–H groups in total. The van der Waals surface area contributed by atoms with E-state index in [-0.39, 0.29) is 11.5 Å². The summed E-state index contributed by atoms with van der Waals surface area (Å²) in [6.45, 7) is -0.299. The van der Waals surface area contributed by atoms with Crippen molar-refractivity contribution < 1.29 is 23.6 Å². The van der Waals surface area contributed by atoms with E-state index in [0.29, 0.717) is 28.8 Å². The SMILES string of the molecule is COc1ccc([C@@H](C[N+](=O)[O-])c2ccc(OC)c(OC)c2)o1. The van der Waals surface area contributed by atoms with Crippen LogP contribution in [0.25, 0.3) is 0 Å². The van der Waals surface area contributed by atoms with Crippen LogP contribution in [0.15, 0.2) is 34.7 Å². The van der Waals surface area contributed by atoms with Crippen molar-refractivity contribution in [3.05, 3.63) is 51.8 Å². The fourth-order valence-electron chi connectivity index (χ4n) is 2.21. The fourth-order valence-corrected chi connectivity index (χ4v) is 2.21. The highest BCUT2D eigenvalue weighted by Gasteiger charge is 2.25. The molecule has 0 aliphatic carbocycles. The number of hydrogen-bond acceptors (Lipinski definition) is 6. The van der Waals surface area contributed by atoms with Gasteiger partial charge in [-0.2, -0.15) is 0 Å². The number of nitro groups is 1. The second kappa shape index (κ2) is 6.84. The van der Waals surface area contributed by atoms with E-state index >= 15 is 0 Å². The van der Waals surface area contributed by atoms with Gasteiger partial charge in [0.05, 0.1) is 21.3 Å². The Morgan fingerprint density at radius 1 is 1.09 bits per heavy atom. The van der Waals surface area contributed by atoms with Crippen LogP contribution in [0.3, 0.4) is 0 Å². The second-order valence-corrected chi connectivity index (χ2v) is 4.54. The van der Waals surface area contributed by atoms with Crippen LogP contribution in [-0.4, -0.2) is 32.8 Å². The monoisotopic (exact) mass is 307 g/mol. The molecule has 7 nitrogen and oxygen atoms in total. The Morgan fingerprint density at radius 3 is 2.36 bits per heavy atom. The summed E-state index contributed by atoms with van der Waals surface area (Å²) in [4.78, 5) is 10.6. The van der Waals surface area contributed by atoms with Gasteiger partial charge in [0.15, 0.2) is 11.5 Å². The Morgan fingerprint density at radius 2 is 1.82 bits per heavy atom. The first-order valence-corrected chi connectivity index (χ1v) is 6.56. The minimum atomic E-state index is -0.543. The Bertz CT molecular complexity index is 651. The van der Waals surface area contributed by atoms with Crippen molar-refractivity contribution in [2.45, 2.75) is 5.92 Å². The first kappa shape index (κ1) is 15.7. The topological polar surface area (TPSA) is 84.0 Å². The highest BCUT2D eigenvalue weighted by atomic mass is 16.6. The Balaban J connectivity index is 2.42. The van der Waals surface area contributed by atoms with E-state index in [0.717, 1.165) is 0 Å². The van der Waals surface area contributed by atoms with E-state index in [1.165, 1.54) is 21.3 Å². The van der Waals surface area contributed by atoms with Crippen molar-refractivity contribution in [1.29, 1.82) is 0 Å². The fraction of sp³-hybridized carbons (Fsp3) is 0.333. The van der Waals surface area contributed by atoms with Crippen LogP contribution < -0.4 is 14.2 Å². The summed E-state index contributed by atoms with van der Waals surface area (Å²) < 4.78 is 20.9. The van der Waals surface area contributed by atoms with E-state index in [1.807, 2.05) is 0 Å². The maximum absolute atomic E-state index is 11.0. The Kier molecular flexibility index (Phi) is 4.88. The van der Waals surface area contributed by atoms with E-state index in [9.17, 15) is 10.1 Å². The number of ether oxygens (including phenoxy) is 3. The highest BCUT2D eigenvalue weighted by molar-refractivity contribution is 5.45. The Labute approximate surface area is 127 Å². The predicted molar refractivity (Wildman–Crippen MR) is 78.5 cm³/mol. The quantitative estimate of drug-likeness (QED) is 0.577. The minimum Gasteiger partial charge on any atom is -0.493 e. The Hall–Kier alpha value is -2.70. The van der Waals surface area contributed by atoms with Gasteiger partial charge >= 0.3 is 0 Å². The van der Waals surface area contributed by atoms with Crippen LogP contribution in [0, 0.1) is 10.1 Å². The molecule has 118 valence electrons. The summed E-state index contributed by atoms with van der Waals surface area (Å²) in [5, 5.41) is 11.0. The lowest BCUT2D eigenvalue weighted by Gasteiger charge is -2.14. The van der Waals surface area contributed by atoms with Gasteiger partial charge in [-0.05, 0) is 23.8 Å². The van der Waals surface area contributed by atoms with Crippen LogP contribution >= 0.6 is 0 Å². The number of rotatable bonds is 7. The molecular weight excluding hydrogens is 290 g/mol. The van der Waals surface area contributed by atoms with Gasteiger partial charge in [0, 0.05) is 11.0 Å². The van der Waals surface area contributed by atoms with E-state index in [1.54, 1.807) is 30.3 Å². The van der Waals surface area contributed by atoms with E-state index < -0.39 is 5.92 Å². The molecular formula is C15H17NO6. The highest BCUT2D eigenvalue weighted by Crippen LogP contribution is 2.34. The van der Waals surface area contributed by atoms with Crippen molar-refractivity contribution >= 4 is 0 Å². The molecule has 0 aliphatic heterocycles. The summed E-state index contributed by atoms with van der Waals surface area (Å²) >= 11 is 0. The summed E-state index contributed by atoms with van der Waals surface area (Å²) in [6.07, 6.45) is 0. The van der Waals surface area contributed by atoms with Gasteiger partial charge in [0.2, 0.25) is 6.54 Å². The molecule has 1 aromatic heterocycles. The molecule has 1 aromatic carbocycles. The maximum atomic E-state index is 11.0. The molecule has 0 fully saturated rings. The molecule has 0 unspecified atom stereocenters. The standard InChI is InChI=1S/C15H17NO6/c1-19-13-5-4-10(8-14(13)20-2)11(9-16(17)18)12-6-7-15(21-3)22-12/h4-8,11H,9H2,1-3H3/t11-/m0/s1. The minimum absolute atomic E-state index is 0.299. The zero-order valence-corrected chi connectivity index (χ0v) is 12.6. The summed E-state index contributed by atoms with van der Waals surface area (Å²) in [5.41, 5.74) is 0.700. The van der Waals surface area contributed by atoms with Crippen molar-refractivity contribution in [2.24, 2.45) is 0 Å². The zero-order chi connectivity index (χ0) is 16.1. The molecule has 2 rings (SSSR count). The van der Waals surface area contributed by atoms with Crippen LogP contribution in [-0.2, 0) is 0 Å². The lowest BCUT2D eigenvalue weighted by molar-refractivity contribution is -0.482. The number of methoxy groups -OCH3 is 3. The molecule has 7 heteroatoms. The number of hydrogen-bond donors (Lipinski definition) is 0. The van der Waals surface area contributed by atoms with Crippen molar-refractivity contribution in [2.75, 3.05) is 27.9 Å². The second-order valence-electron chi connectivity index (χ2n) is 4.54. The molecule has 0 bridgehead atoms. The maximum Gasteiger partial charge on any atom is 0.284 e. The largest absolute Gasteiger partial charge is 0.493 e. The van der Waals surface area contributed by atoms with Crippen molar-refractivity contribution in [3.63, 3.8) is 0 Å². The van der Waals surface area contributed by atoms with Crippen LogP contribution in [0.2, 0.25) is 0 Å². The smallest absolute Gasteiger partial charge is 0.284 e. The molecule has 0 spiro atoms.